The quantitative estimate of drug-likeness (QED) is 0.911. The highest BCUT2D eigenvalue weighted by Gasteiger charge is 2.22. The zero-order chi connectivity index (χ0) is 12.3. The van der Waals surface area contributed by atoms with Crippen molar-refractivity contribution in [2.24, 2.45) is 0 Å². The van der Waals surface area contributed by atoms with Gasteiger partial charge in [0, 0.05) is 10.7 Å². The monoisotopic (exact) mass is 270 g/mol. The fourth-order valence-corrected chi connectivity index (χ4v) is 2.48. The number of nitrogens with one attached hydrogen (secondary N) is 1. The first kappa shape index (κ1) is 12.3. The molecule has 0 atom stereocenters. The summed E-state index contributed by atoms with van der Waals surface area (Å²) in [7, 11) is 0. The lowest BCUT2D eigenvalue weighted by Crippen LogP contribution is -2.34. The van der Waals surface area contributed by atoms with Crippen molar-refractivity contribution in [1.82, 2.24) is 4.90 Å². The Balaban J connectivity index is 1.88. The summed E-state index contributed by atoms with van der Waals surface area (Å²) < 4.78 is 0. The number of halogens is 1. The fourth-order valence-electron chi connectivity index (χ4n) is 1.45. The lowest BCUT2D eigenvalue weighted by atomic mass is 10.3. The highest BCUT2D eigenvalue weighted by molar-refractivity contribution is 8.00. The normalized spacial score (nSPS) is 15.1. The first-order chi connectivity index (χ1) is 8.15. The number of benzene rings is 1. The summed E-state index contributed by atoms with van der Waals surface area (Å²) in [6.07, 6.45) is 0. The molecule has 2 rings (SSSR count). The Morgan fingerprint density at radius 2 is 2.12 bits per heavy atom. The topological polar surface area (TPSA) is 49.4 Å². The largest absolute Gasteiger partial charge is 0.325 e. The van der Waals surface area contributed by atoms with Crippen LogP contribution in [0.25, 0.3) is 0 Å². The van der Waals surface area contributed by atoms with Crippen molar-refractivity contribution in [2.45, 2.75) is 0 Å². The third kappa shape index (κ3) is 3.38. The van der Waals surface area contributed by atoms with E-state index in [0.29, 0.717) is 22.3 Å². The summed E-state index contributed by atoms with van der Waals surface area (Å²) in [6, 6.07) is 6.85. The molecule has 1 aliphatic rings. The molecule has 1 aromatic carbocycles. The average Bonchev–Trinajstić information content (AvgIpc) is 2.68. The molecule has 0 radical (unpaired) electrons. The molecule has 0 spiro atoms. The predicted molar refractivity (Wildman–Crippen MR) is 69.1 cm³/mol. The third-order valence-corrected chi connectivity index (χ3v) is 3.49. The Labute approximate surface area is 108 Å². The molecule has 1 N–H and O–H groups in total. The number of carbonyl (C=O) groups excluding carboxylic acids is 2. The van der Waals surface area contributed by atoms with Gasteiger partial charge < -0.3 is 10.2 Å². The van der Waals surface area contributed by atoms with Crippen LogP contribution in [0.5, 0.6) is 0 Å². The van der Waals surface area contributed by atoms with Crippen molar-refractivity contribution in [3.05, 3.63) is 29.3 Å². The number of rotatable bonds is 3. The van der Waals surface area contributed by atoms with Crippen molar-refractivity contribution in [3.63, 3.8) is 0 Å². The highest BCUT2D eigenvalue weighted by Crippen LogP contribution is 2.16. The van der Waals surface area contributed by atoms with Gasteiger partial charge in [0.25, 0.3) is 0 Å². The summed E-state index contributed by atoms with van der Waals surface area (Å²) >= 11 is 7.26. The van der Waals surface area contributed by atoms with Gasteiger partial charge in [-0.1, -0.05) is 11.6 Å². The van der Waals surface area contributed by atoms with Gasteiger partial charge in [0.05, 0.1) is 11.6 Å². The van der Waals surface area contributed by atoms with Crippen LogP contribution >= 0.6 is 23.4 Å². The van der Waals surface area contributed by atoms with Crippen LogP contribution in [0, 0.1) is 0 Å². The highest BCUT2D eigenvalue weighted by atomic mass is 35.5. The molecule has 17 heavy (non-hydrogen) atoms. The number of anilines is 1. The lowest BCUT2D eigenvalue weighted by molar-refractivity contribution is -0.130. The molecule has 1 heterocycles. The van der Waals surface area contributed by atoms with Gasteiger partial charge >= 0.3 is 0 Å². The van der Waals surface area contributed by atoms with E-state index in [4.69, 9.17) is 11.6 Å². The van der Waals surface area contributed by atoms with Crippen molar-refractivity contribution in [2.75, 3.05) is 23.5 Å². The Kier molecular flexibility index (Phi) is 3.91. The molecule has 1 fully saturated rings. The van der Waals surface area contributed by atoms with Crippen molar-refractivity contribution in [1.29, 1.82) is 0 Å². The summed E-state index contributed by atoms with van der Waals surface area (Å²) in [5, 5.41) is 3.34. The van der Waals surface area contributed by atoms with Crippen LogP contribution in [-0.4, -0.2) is 34.9 Å². The molecule has 6 heteroatoms. The number of amides is 2. The van der Waals surface area contributed by atoms with Gasteiger partial charge in [-0.25, -0.2) is 0 Å². The summed E-state index contributed by atoms with van der Waals surface area (Å²) in [6.45, 7) is 0.106. The second kappa shape index (κ2) is 5.42. The number of nitrogens with zero attached hydrogens (tertiary/aromatic N) is 1. The van der Waals surface area contributed by atoms with Gasteiger partial charge in [-0.15, -0.1) is 11.8 Å². The molecule has 0 saturated carbocycles. The second-order valence-electron chi connectivity index (χ2n) is 3.62. The summed E-state index contributed by atoms with van der Waals surface area (Å²) in [5.41, 5.74) is 0.679. The van der Waals surface area contributed by atoms with Crippen LogP contribution in [0.1, 0.15) is 0 Å². The molecule has 1 saturated heterocycles. The third-order valence-electron chi connectivity index (χ3n) is 2.29. The molecule has 0 aromatic heterocycles. The van der Waals surface area contributed by atoms with E-state index >= 15 is 0 Å². The van der Waals surface area contributed by atoms with Crippen LogP contribution in [0.15, 0.2) is 24.3 Å². The number of hydrogen-bond donors (Lipinski definition) is 1. The average molecular weight is 271 g/mol. The van der Waals surface area contributed by atoms with Crippen LogP contribution in [0.3, 0.4) is 0 Å². The van der Waals surface area contributed by atoms with Crippen LogP contribution in [-0.2, 0) is 9.59 Å². The molecular weight excluding hydrogens is 260 g/mol. The van der Waals surface area contributed by atoms with Crippen molar-refractivity contribution < 1.29 is 9.59 Å². The van der Waals surface area contributed by atoms with E-state index in [9.17, 15) is 9.59 Å². The zero-order valence-electron chi connectivity index (χ0n) is 8.98. The standard InChI is InChI=1S/C11H11ClN2O2S/c12-8-1-3-9(4-2-8)13-10(15)5-14-7-17-6-11(14)16/h1-4H,5-7H2,(H,13,15). The second-order valence-corrected chi connectivity index (χ2v) is 5.02. The maximum absolute atomic E-state index is 11.7. The van der Waals surface area contributed by atoms with E-state index in [2.05, 4.69) is 5.32 Å². The molecule has 0 unspecified atom stereocenters. The van der Waals surface area contributed by atoms with E-state index in [-0.39, 0.29) is 18.4 Å². The Bertz CT molecular complexity index is 436. The lowest BCUT2D eigenvalue weighted by Gasteiger charge is -2.14. The van der Waals surface area contributed by atoms with Crippen molar-refractivity contribution >= 4 is 40.9 Å². The number of carbonyl (C=O) groups is 2. The fraction of sp³-hybridized carbons (Fsp3) is 0.273. The van der Waals surface area contributed by atoms with E-state index in [1.165, 1.54) is 16.7 Å². The van der Waals surface area contributed by atoms with E-state index < -0.39 is 0 Å². The van der Waals surface area contributed by atoms with Gasteiger partial charge in [-0.05, 0) is 24.3 Å². The van der Waals surface area contributed by atoms with Crippen molar-refractivity contribution in [3.8, 4) is 0 Å². The van der Waals surface area contributed by atoms with Gasteiger partial charge in [-0.2, -0.15) is 0 Å². The SMILES string of the molecule is O=C(CN1CSCC1=O)Nc1ccc(Cl)cc1. The zero-order valence-corrected chi connectivity index (χ0v) is 10.6. The first-order valence-electron chi connectivity index (χ1n) is 5.06. The molecule has 0 bridgehead atoms. The molecule has 2 amide bonds. The predicted octanol–water partition coefficient (Wildman–Crippen LogP) is 1.81. The van der Waals surface area contributed by atoms with E-state index in [1.54, 1.807) is 24.3 Å². The van der Waals surface area contributed by atoms with E-state index in [0.717, 1.165) is 0 Å². The number of hydrogen-bond acceptors (Lipinski definition) is 3. The maximum atomic E-state index is 11.7. The maximum Gasteiger partial charge on any atom is 0.244 e. The van der Waals surface area contributed by atoms with Crippen LogP contribution in [0.2, 0.25) is 5.02 Å². The number of thioether (sulfide) groups is 1. The molecule has 1 aromatic rings. The van der Waals surface area contributed by atoms with Gasteiger partial charge in [0.1, 0.15) is 6.54 Å². The minimum atomic E-state index is -0.192. The first-order valence-corrected chi connectivity index (χ1v) is 6.59. The molecule has 0 aliphatic carbocycles. The summed E-state index contributed by atoms with van der Waals surface area (Å²) in [4.78, 5) is 24.5. The van der Waals surface area contributed by atoms with Crippen LogP contribution < -0.4 is 5.32 Å². The Hall–Kier alpha value is -1.20. The Morgan fingerprint density at radius 3 is 2.71 bits per heavy atom. The Morgan fingerprint density at radius 1 is 1.41 bits per heavy atom. The smallest absolute Gasteiger partial charge is 0.244 e. The molecule has 4 nitrogen and oxygen atoms in total. The van der Waals surface area contributed by atoms with E-state index in [1.807, 2.05) is 0 Å². The van der Waals surface area contributed by atoms with Gasteiger partial charge in [-0.3, -0.25) is 9.59 Å². The molecule has 1 aliphatic heterocycles. The summed E-state index contributed by atoms with van der Waals surface area (Å²) in [5.74, 6) is 0.880. The van der Waals surface area contributed by atoms with Gasteiger partial charge in [0.2, 0.25) is 11.8 Å². The van der Waals surface area contributed by atoms with Crippen LogP contribution in [0.4, 0.5) is 5.69 Å². The minimum Gasteiger partial charge on any atom is -0.325 e. The molecular formula is C11H11ClN2O2S. The minimum absolute atomic E-state index is 0.0151. The molecule has 90 valence electrons. The van der Waals surface area contributed by atoms with Gasteiger partial charge in [0.15, 0.2) is 0 Å².